The Labute approximate surface area is 187 Å². The molecule has 0 aromatic heterocycles. The minimum Gasteiger partial charge on any atom is -0.481 e. The van der Waals surface area contributed by atoms with Crippen LogP contribution in [0, 0.1) is 0 Å². The van der Waals surface area contributed by atoms with Crippen molar-refractivity contribution in [3.63, 3.8) is 0 Å². The molecule has 0 saturated heterocycles. The van der Waals surface area contributed by atoms with Crippen molar-refractivity contribution < 1.29 is 48.9 Å². The highest BCUT2D eigenvalue weighted by Crippen LogP contribution is 2.02. The van der Waals surface area contributed by atoms with Gasteiger partial charge in [0.2, 0.25) is 29.5 Å². The van der Waals surface area contributed by atoms with Crippen LogP contribution in [0.25, 0.3) is 0 Å². The van der Waals surface area contributed by atoms with Crippen molar-refractivity contribution >= 4 is 41.5 Å². The molecule has 16 nitrogen and oxygen atoms in total. The number of aliphatic hydroxyl groups is 1. The minimum absolute atomic E-state index is 0.157. The van der Waals surface area contributed by atoms with E-state index in [0.717, 1.165) is 6.92 Å². The van der Waals surface area contributed by atoms with Crippen LogP contribution >= 0.6 is 0 Å². The van der Waals surface area contributed by atoms with E-state index in [2.05, 4.69) is 5.32 Å². The molecule has 5 unspecified atom stereocenters. The lowest BCUT2D eigenvalue weighted by Gasteiger charge is -2.25. The van der Waals surface area contributed by atoms with Crippen molar-refractivity contribution in [3.05, 3.63) is 0 Å². The van der Waals surface area contributed by atoms with Gasteiger partial charge in [0.15, 0.2) is 0 Å². The average molecular weight is 476 g/mol. The Balaban J connectivity index is 5.44. The summed E-state index contributed by atoms with van der Waals surface area (Å²) in [7, 11) is 0. The molecule has 0 aromatic rings. The molecule has 0 saturated carbocycles. The molecule has 0 heterocycles. The third-order valence-electron chi connectivity index (χ3n) is 4.13. The standard InChI is InChI=1S/C17H28N6O10/c1-6(24)13(23-14(29)7(18)2-3-10(19)25)16(31)21-8(5-12(27)28)15(30)22-9(17(32)33)4-11(20)26/h6-9,13,24H,2-5,18H2,1H3,(H2,19,25)(H2,20,26)(H,21,31)(H,22,30)(H,23,29)(H,27,28)(H,32,33). The molecule has 5 amide bonds. The van der Waals surface area contributed by atoms with E-state index in [4.69, 9.17) is 27.4 Å². The number of nitrogens with two attached hydrogens (primary N) is 3. The number of carbonyl (C=O) groups is 7. The summed E-state index contributed by atoms with van der Waals surface area (Å²) in [5.41, 5.74) is 15.5. The first kappa shape index (κ1) is 29.2. The van der Waals surface area contributed by atoms with E-state index < -0.39 is 84.6 Å². The maximum Gasteiger partial charge on any atom is 0.326 e. The molecular weight excluding hydrogens is 448 g/mol. The molecule has 0 spiro atoms. The molecule has 0 radical (unpaired) electrons. The Bertz CT molecular complexity index is 786. The van der Waals surface area contributed by atoms with Crippen molar-refractivity contribution in [2.24, 2.45) is 17.2 Å². The summed E-state index contributed by atoms with van der Waals surface area (Å²) in [4.78, 5) is 81.1. The molecule has 12 N–H and O–H groups in total. The summed E-state index contributed by atoms with van der Waals surface area (Å²) < 4.78 is 0. The van der Waals surface area contributed by atoms with E-state index in [-0.39, 0.29) is 12.8 Å². The second-order valence-corrected chi connectivity index (χ2v) is 7.07. The maximum atomic E-state index is 12.5. The van der Waals surface area contributed by atoms with Crippen molar-refractivity contribution in [3.8, 4) is 0 Å². The number of aliphatic hydroxyl groups excluding tert-OH is 1. The number of hydrogen-bond donors (Lipinski definition) is 9. The third-order valence-corrected chi connectivity index (χ3v) is 4.13. The predicted molar refractivity (Wildman–Crippen MR) is 108 cm³/mol. The van der Waals surface area contributed by atoms with Gasteiger partial charge in [-0.2, -0.15) is 0 Å². The summed E-state index contributed by atoms with van der Waals surface area (Å²) in [6.07, 6.45) is -3.72. The van der Waals surface area contributed by atoms with Crippen LogP contribution in [-0.2, 0) is 33.6 Å². The third kappa shape index (κ3) is 11.4. The molecule has 33 heavy (non-hydrogen) atoms. The molecule has 0 rings (SSSR count). The summed E-state index contributed by atoms with van der Waals surface area (Å²) in [5.74, 6) is -8.38. The lowest BCUT2D eigenvalue weighted by Crippen LogP contribution is -2.60. The number of amides is 5. The highest BCUT2D eigenvalue weighted by Gasteiger charge is 2.33. The van der Waals surface area contributed by atoms with Gasteiger partial charge in [0, 0.05) is 6.42 Å². The number of rotatable bonds is 15. The summed E-state index contributed by atoms with van der Waals surface area (Å²) in [6, 6.07) is -6.60. The molecule has 0 bridgehead atoms. The van der Waals surface area contributed by atoms with Gasteiger partial charge in [-0.3, -0.25) is 28.8 Å². The summed E-state index contributed by atoms with van der Waals surface area (Å²) in [6.45, 7) is 1.11. The van der Waals surface area contributed by atoms with Crippen molar-refractivity contribution in [1.82, 2.24) is 16.0 Å². The Kier molecular flexibility index (Phi) is 12.0. The predicted octanol–water partition coefficient (Wildman–Crippen LogP) is -5.15. The molecule has 5 atom stereocenters. The first-order valence-corrected chi connectivity index (χ1v) is 9.51. The Morgan fingerprint density at radius 2 is 1.33 bits per heavy atom. The number of carbonyl (C=O) groups excluding carboxylic acids is 5. The van der Waals surface area contributed by atoms with Crippen LogP contribution in [0.1, 0.15) is 32.6 Å². The molecular formula is C17H28N6O10. The Hall–Kier alpha value is -3.79. The summed E-state index contributed by atoms with van der Waals surface area (Å²) in [5, 5.41) is 33.9. The van der Waals surface area contributed by atoms with Crippen LogP contribution < -0.4 is 33.2 Å². The highest BCUT2D eigenvalue weighted by molar-refractivity contribution is 5.96. The van der Waals surface area contributed by atoms with Crippen LogP contribution in [0.3, 0.4) is 0 Å². The smallest absolute Gasteiger partial charge is 0.326 e. The van der Waals surface area contributed by atoms with Gasteiger partial charge in [0.25, 0.3) is 0 Å². The minimum atomic E-state index is -1.84. The number of hydrogen-bond acceptors (Lipinski definition) is 9. The van der Waals surface area contributed by atoms with Crippen LogP contribution in [0.2, 0.25) is 0 Å². The number of aliphatic carboxylic acids is 2. The van der Waals surface area contributed by atoms with Gasteiger partial charge in [0.1, 0.15) is 18.1 Å². The Morgan fingerprint density at radius 1 is 0.788 bits per heavy atom. The number of carboxylic acid groups (broad SMARTS) is 2. The average Bonchev–Trinajstić information content (AvgIpc) is 2.67. The van der Waals surface area contributed by atoms with Gasteiger partial charge in [0.05, 0.1) is 25.0 Å². The lowest BCUT2D eigenvalue weighted by atomic mass is 10.1. The van der Waals surface area contributed by atoms with Gasteiger partial charge < -0.3 is 48.5 Å². The van der Waals surface area contributed by atoms with Crippen LogP contribution in [0.15, 0.2) is 0 Å². The zero-order valence-corrected chi connectivity index (χ0v) is 17.6. The number of nitrogens with one attached hydrogen (secondary N) is 3. The Morgan fingerprint density at radius 3 is 1.76 bits per heavy atom. The zero-order valence-electron chi connectivity index (χ0n) is 17.6. The quantitative estimate of drug-likeness (QED) is 0.108. The molecule has 0 aromatic carbocycles. The van der Waals surface area contributed by atoms with Gasteiger partial charge in [-0.15, -0.1) is 0 Å². The van der Waals surface area contributed by atoms with Gasteiger partial charge in [-0.25, -0.2) is 4.79 Å². The molecule has 0 aliphatic carbocycles. The van der Waals surface area contributed by atoms with Crippen LogP contribution in [0.5, 0.6) is 0 Å². The number of primary amides is 2. The second kappa shape index (κ2) is 13.6. The SMILES string of the molecule is CC(O)C(NC(=O)C(N)CCC(N)=O)C(=O)NC(CC(=O)O)C(=O)NC(CC(N)=O)C(=O)O. The summed E-state index contributed by atoms with van der Waals surface area (Å²) >= 11 is 0. The van der Waals surface area contributed by atoms with Crippen LogP contribution in [-0.4, -0.2) is 87.1 Å². The monoisotopic (exact) mass is 476 g/mol. The molecule has 186 valence electrons. The fraction of sp³-hybridized carbons (Fsp3) is 0.588. The van der Waals surface area contributed by atoms with E-state index in [1.165, 1.54) is 0 Å². The van der Waals surface area contributed by atoms with Gasteiger partial charge in [-0.05, 0) is 13.3 Å². The maximum absolute atomic E-state index is 12.5. The first-order valence-electron chi connectivity index (χ1n) is 9.51. The van der Waals surface area contributed by atoms with E-state index >= 15 is 0 Å². The zero-order chi connectivity index (χ0) is 25.9. The van der Waals surface area contributed by atoms with Gasteiger partial charge >= 0.3 is 11.9 Å². The fourth-order valence-electron chi connectivity index (χ4n) is 2.41. The van der Waals surface area contributed by atoms with Crippen molar-refractivity contribution in [2.75, 3.05) is 0 Å². The molecule has 16 heteroatoms. The highest BCUT2D eigenvalue weighted by atomic mass is 16.4. The number of carboxylic acids is 2. The fourth-order valence-corrected chi connectivity index (χ4v) is 2.41. The van der Waals surface area contributed by atoms with Crippen molar-refractivity contribution in [1.29, 1.82) is 0 Å². The van der Waals surface area contributed by atoms with E-state index in [9.17, 15) is 38.7 Å². The first-order chi connectivity index (χ1) is 15.1. The lowest BCUT2D eigenvalue weighted by molar-refractivity contribution is -0.145. The van der Waals surface area contributed by atoms with E-state index in [0.29, 0.717) is 0 Å². The molecule has 0 fully saturated rings. The van der Waals surface area contributed by atoms with Crippen molar-refractivity contribution in [2.45, 2.75) is 62.9 Å². The van der Waals surface area contributed by atoms with Crippen LogP contribution in [0.4, 0.5) is 0 Å². The van der Waals surface area contributed by atoms with E-state index in [1.807, 2.05) is 10.6 Å². The molecule has 0 aliphatic rings. The largest absolute Gasteiger partial charge is 0.481 e. The molecule has 0 aliphatic heterocycles. The van der Waals surface area contributed by atoms with E-state index in [1.54, 1.807) is 0 Å². The second-order valence-electron chi connectivity index (χ2n) is 7.07. The topological polar surface area (TPSA) is 294 Å². The normalized spacial score (nSPS) is 15.1. The van der Waals surface area contributed by atoms with Gasteiger partial charge in [-0.1, -0.05) is 0 Å².